The van der Waals surface area contributed by atoms with Gasteiger partial charge in [-0.1, -0.05) is 47.5 Å². The molecule has 0 fully saturated rings. The number of anilines is 1. The van der Waals surface area contributed by atoms with Crippen LogP contribution in [0.1, 0.15) is 38.4 Å². The Bertz CT molecular complexity index is 1280. The summed E-state index contributed by atoms with van der Waals surface area (Å²) in [6.07, 6.45) is 5.92. The summed E-state index contributed by atoms with van der Waals surface area (Å²) in [7, 11) is 0. The molecule has 1 aliphatic carbocycles. The maximum Gasteiger partial charge on any atom is 0.335 e. The number of nitrogens with one attached hydrogen (secondary N) is 1. The molecule has 0 spiro atoms. The minimum absolute atomic E-state index is 0.0536. The van der Waals surface area contributed by atoms with Crippen LogP contribution < -0.4 is 19.8 Å². The highest BCUT2D eigenvalue weighted by atomic mass is 35.5. The Hall–Kier alpha value is -2.80. The number of ether oxygens (including phenoxy) is 1. The molecular weight excluding hydrogens is 457 g/mol. The molecule has 31 heavy (non-hydrogen) atoms. The van der Waals surface area contributed by atoms with Gasteiger partial charge in [-0.05, 0) is 48.7 Å². The van der Waals surface area contributed by atoms with Crippen molar-refractivity contribution in [2.75, 3.05) is 5.32 Å². The number of aromatic carboxylic acids is 1. The van der Waals surface area contributed by atoms with Crippen LogP contribution in [0, 0.1) is 0 Å². The number of hydrogen-bond acceptors (Lipinski definition) is 4. The third kappa shape index (κ3) is 4.77. The molecule has 158 valence electrons. The lowest BCUT2D eigenvalue weighted by atomic mass is 10.1. The number of carbonyl (C=O) groups is 2. The Morgan fingerprint density at radius 1 is 1.06 bits per heavy atom. The van der Waals surface area contributed by atoms with Crippen molar-refractivity contribution in [2.45, 2.75) is 19.4 Å². The highest BCUT2D eigenvalue weighted by Crippen LogP contribution is 2.29. The van der Waals surface area contributed by atoms with Gasteiger partial charge in [-0.25, -0.2) is 4.79 Å². The van der Waals surface area contributed by atoms with E-state index in [0.717, 1.165) is 28.2 Å². The summed E-state index contributed by atoms with van der Waals surface area (Å²) in [5, 5.41) is 14.1. The molecule has 1 amide bonds. The number of rotatable bonds is 6. The van der Waals surface area contributed by atoms with Crippen LogP contribution in [0.3, 0.4) is 0 Å². The van der Waals surface area contributed by atoms with Crippen LogP contribution in [0.2, 0.25) is 10.0 Å². The Morgan fingerprint density at radius 2 is 1.81 bits per heavy atom. The minimum atomic E-state index is -1.09. The molecule has 8 heteroatoms. The summed E-state index contributed by atoms with van der Waals surface area (Å²) in [4.78, 5) is 24.7. The zero-order valence-corrected chi connectivity index (χ0v) is 18.5. The molecule has 0 saturated carbocycles. The fourth-order valence-corrected chi connectivity index (χ4v) is 4.79. The SMILES string of the molecule is O=C(O)c1ccc(NC(=O)c2sc3c(c2Cl)=CCCC=3)c(OCc2ccc(Cl)cc2)c1. The molecular formula is C23H17Cl2NO4S. The van der Waals surface area contributed by atoms with Crippen LogP contribution >= 0.6 is 34.5 Å². The molecule has 1 heterocycles. The number of carbonyl (C=O) groups excluding carboxylic acids is 1. The second-order valence-electron chi connectivity index (χ2n) is 6.89. The van der Waals surface area contributed by atoms with E-state index >= 15 is 0 Å². The van der Waals surface area contributed by atoms with E-state index < -0.39 is 5.97 Å². The molecule has 0 atom stereocenters. The van der Waals surface area contributed by atoms with Gasteiger partial charge in [0.15, 0.2) is 0 Å². The second-order valence-corrected chi connectivity index (χ2v) is 8.76. The molecule has 3 aromatic rings. The molecule has 1 aromatic heterocycles. The smallest absolute Gasteiger partial charge is 0.335 e. The molecule has 0 bridgehead atoms. The van der Waals surface area contributed by atoms with Gasteiger partial charge in [0.2, 0.25) is 0 Å². The van der Waals surface area contributed by atoms with Crippen LogP contribution in [0.4, 0.5) is 5.69 Å². The summed E-state index contributed by atoms with van der Waals surface area (Å²) in [5.41, 5.74) is 1.26. The molecule has 5 nitrogen and oxygen atoms in total. The van der Waals surface area contributed by atoms with Crippen molar-refractivity contribution < 1.29 is 19.4 Å². The predicted octanol–water partition coefficient (Wildman–Crippen LogP) is 4.94. The highest BCUT2D eigenvalue weighted by Gasteiger charge is 2.19. The van der Waals surface area contributed by atoms with Crippen LogP contribution in [0.15, 0.2) is 42.5 Å². The number of carboxylic acid groups (broad SMARTS) is 1. The van der Waals surface area contributed by atoms with Gasteiger partial charge in [0, 0.05) is 14.8 Å². The van der Waals surface area contributed by atoms with E-state index in [-0.39, 0.29) is 23.8 Å². The van der Waals surface area contributed by atoms with E-state index in [9.17, 15) is 14.7 Å². The standard InChI is InChI=1S/C23H17Cl2NO4S/c24-15-8-5-13(6-9-15)12-30-18-11-14(23(28)29)7-10-17(18)26-22(27)21-20(25)16-3-1-2-4-19(16)31-21/h3-11H,1-2,12H2,(H,26,27)(H,28,29). The number of halogens is 2. The van der Waals surface area contributed by atoms with Crippen molar-refractivity contribution in [3.05, 3.63) is 78.3 Å². The van der Waals surface area contributed by atoms with Gasteiger partial charge >= 0.3 is 5.97 Å². The molecule has 0 saturated heterocycles. The van der Waals surface area contributed by atoms with Crippen LogP contribution in [-0.4, -0.2) is 17.0 Å². The third-order valence-corrected chi connectivity index (χ3v) is 6.71. The highest BCUT2D eigenvalue weighted by molar-refractivity contribution is 7.12. The lowest BCUT2D eigenvalue weighted by molar-refractivity contribution is 0.0696. The van der Waals surface area contributed by atoms with Crippen molar-refractivity contribution in [1.82, 2.24) is 0 Å². The van der Waals surface area contributed by atoms with E-state index in [0.29, 0.717) is 20.6 Å². The second kappa shape index (κ2) is 9.14. The fourth-order valence-electron chi connectivity index (χ4n) is 3.17. The van der Waals surface area contributed by atoms with E-state index in [2.05, 4.69) is 11.4 Å². The van der Waals surface area contributed by atoms with E-state index in [1.54, 1.807) is 12.1 Å². The molecule has 0 unspecified atom stereocenters. The van der Waals surface area contributed by atoms with Gasteiger partial charge in [-0.15, -0.1) is 11.3 Å². The van der Waals surface area contributed by atoms with Gasteiger partial charge in [0.25, 0.3) is 5.91 Å². The lowest BCUT2D eigenvalue weighted by Gasteiger charge is -2.13. The third-order valence-electron chi connectivity index (χ3n) is 4.75. The number of amides is 1. The Morgan fingerprint density at radius 3 is 2.52 bits per heavy atom. The van der Waals surface area contributed by atoms with Crippen LogP contribution in [-0.2, 0) is 6.61 Å². The monoisotopic (exact) mass is 473 g/mol. The van der Waals surface area contributed by atoms with Crippen molar-refractivity contribution in [1.29, 1.82) is 0 Å². The van der Waals surface area contributed by atoms with E-state index in [1.807, 2.05) is 18.2 Å². The molecule has 4 rings (SSSR count). The number of benzene rings is 2. The first-order valence-electron chi connectivity index (χ1n) is 9.47. The van der Waals surface area contributed by atoms with Crippen molar-refractivity contribution in [3.8, 4) is 5.75 Å². The average molecular weight is 474 g/mol. The molecule has 1 aliphatic rings. The number of thiophene rings is 1. The predicted molar refractivity (Wildman–Crippen MR) is 124 cm³/mol. The van der Waals surface area contributed by atoms with Crippen molar-refractivity contribution >= 4 is 64.3 Å². The average Bonchev–Trinajstić information content (AvgIpc) is 3.11. The Labute approximate surface area is 192 Å². The quantitative estimate of drug-likeness (QED) is 0.531. The fraction of sp³-hybridized carbons (Fsp3) is 0.130. The summed E-state index contributed by atoms with van der Waals surface area (Å²) < 4.78 is 6.83. The Kier molecular flexibility index (Phi) is 6.32. The zero-order chi connectivity index (χ0) is 22.0. The zero-order valence-electron chi connectivity index (χ0n) is 16.2. The molecule has 2 aromatic carbocycles. The van der Waals surface area contributed by atoms with Crippen molar-refractivity contribution in [3.63, 3.8) is 0 Å². The van der Waals surface area contributed by atoms with Crippen molar-refractivity contribution in [2.24, 2.45) is 0 Å². The van der Waals surface area contributed by atoms with Gasteiger partial charge in [-0.3, -0.25) is 4.79 Å². The number of hydrogen-bond donors (Lipinski definition) is 2. The van der Waals surface area contributed by atoms with Gasteiger partial charge in [-0.2, -0.15) is 0 Å². The summed E-state index contributed by atoms with van der Waals surface area (Å²) in [6, 6.07) is 11.4. The Balaban J connectivity index is 1.61. The normalized spacial score (nSPS) is 12.3. The number of carboxylic acids is 1. The maximum atomic E-state index is 12.9. The van der Waals surface area contributed by atoms with Gasteiger partial charge in [0.1, 0.15) is 17.2 Å². The molecule has 0 aliphatic heterocycles. The largest absolute Gasteiger partial charge is 0.487 e. The topological polar surface area (TPSA) is 75.6 Å². The molecule has 0 radical (unpaired) electrons. The maximum absolute atomic E-state index is 12.9. The van der Waals surface area contributed by atoms with E-state index in [4.69, 9.17) is 27.9 Å². The summed E-state index contributed by atoms with van der Waals surface area (Å²) >= 11 is 13.7. The first kappa shape index (κ1) is 21.4. The van der Waals surface area contributed by atoms with Crippen LogP contribution in [0.5, 0.6) is 5.75 Å². The van der Waals surface area contributed by atoms with Gasteiger partial charge < -0.3 is 15.2 Å². The van der Waals surface area contributed by atoms with Gasteiger partial charge in [0.05, 0.1) is 16.3 Å². The lowest BCUT2D eigenvalue weighted by Crippen LogP contribution is -2.21. The number of fused-ring (bicyclic) bond motifs is 1. The first-order valence-corrected chi connectivity index (χ1v) is 11.0. The molecule has 2 N–H and O–H groups in total. The van der Waals surface area contributed by atoms with Crippen LogP contribution in [0.25, 0.3) is 12.2 Å². The summed E-state index contributed by atoms with van der Waals surface area (Å²) in [6.45, 7) is 0.182. The summed E-state index contributed by atoms with van der Waals surface area (Å²) in [5.74, 6) is -1.21. The van der Waals surface area contributed by atoms with E-state index in [1.165, 1.54) is 29.5 Å². The first-order chi connectivity index (χ1) is 14.9. The minimum Gasteiger partial charge on any atom is -0.487 e.